The molecule has 2 heterocycles. The first-order chi connectivity index (χ1) is 12.1. The Morgan fingerprint density at radius 3 is 2.76 bits per heavy atom. The van der Waals surface area contributed by atoms with Crippen molar-refractivity contribution in [3.8, 4) is 0 Å². The minimum absolute atomic E-state index is 0.0108. The third kappa shape index (κ3) is 4.24. The maximum absolute atomic E-state index is 11.6. The maximum Gasteiger partial charge on any atom is 0.327 e. The summed E-state index contributed by atoms with van der Waals surface area (Å²) in [4.78, 5) is 24.6. The van der Waals surface area contributed by atoms with Crippen LogP contribution in [-0.2, 0) is 9.59 Å². The first-order valence-corrected chi connectivity index (χ1v) is 9.70. The van der Waals surface area contributed by atoms with E-state index < -0.39 is 12.0 Å². The van der Waals surface area contributed by atoms with Gasteiger partial charge in [-0.1, -0.05) is 24.6 Å². The lowest BCUT2D eigenvalue weighted by atomic mass is 10.0. The fraction of sp³-hybridized carbons (Fsp3) is 0.471. The fourth-order valence-electron chi connectivity index (χ4n) is 3.18. The molecule has 1 aromatic carbocycles. The van der Waals surface area contributed by atoms with Crippen LogP contribution < -0.4 is 10.6 Å². The number of nitrogens with zero attached hydrogens (tertiary/aromatic N) is 1. The van der Waals surface area contributed by atoms with Gasteiger partial charge in [0, 0.05) is 17.5 Å². The number of aliphatic carboxylic acids is 1. The van der Waals surface area contributed by atoms with Crippen LogP contribution in [0.4, 0.5) is 5.69 Å². The van der Waals surface area contributed by atoms with Crippen molar-refractivity contribution in [3.05, 3.63) is 30.3 Å². The van der Waals surface area contributed by atoms with Crippen LogP contribution >= 0.6 is 24.0 Å². The number of hydrogen-bond donors (Lipinski definition) is 3. The highest BCUT2D eigenvalue weighted by Crippen LogP contribution is 2.45. The Morgan fingerprint density at radius 1 is 1.32 bits per heavy atom. The molecule has 2 aliphatic heterocycles. The molecule has 1 aromatic rings. The zero-order chi connectivity index (χ0) is 17.8. The van der Waals surface area contributed by atoms with Crippen molar-refractivity contribution in [2.75, 3.05) is 11.9 Å². The zero-order valence-corrected chi connectivity index (χ0v) is 15.3. The summed E-state index contributed by atoms with van der Waals surface area (Å²) in [5, 5.41) is 16.3. The molecular weight excluding hydrogens is 358 g/mol. The van der Waals surface area contributed by atoms with E-state index in [0.29, 0.717) is 11.5 Å². The zero-order valence-electron chi connectivity index (χ0n) is 13.7. The van der Waals surface area contributed by atoms with Crippen LogP contribution in [0.5, 0.6) is 0 Å². The molecule has 3 atom stereocenters. The Labute approximate surface area is 156 Å². The van der Waals surface area contributed by atoms with E-state index in [9.17, 15) is 14.7 Å². The Hall–Kier alpha value is -1.80. The van der Waals surface area contributed by atoms with Crippen LogP contribution in [0.15, 0.2) is 30.3 Å². The van der Waals surface area contributed by atoms with Gasteiger partial charge in [-0.15, -0.1) is 11.8 Å². The average molecular weight is 380 g/mol. The molecule has 2 saturated heterocycles. The summed E-state index contributed by atoms with van der Waals surface area (Å²) in [6.07, 6.45) is 3.07. The topological polar surface area (TPSA) is 81.7 Å². The Morgan fingerprint density at radius 2 is 2.08 bits per heavy atom. The molecule has 2 aliphatic rings. The number of unbranched alkanes of at least 4 members (excludes halogenated alkanes) is 1. The van der Waals surface area contributed by atoms with Crippen LogP contribution in [0.3, 0.4) is 0 Å². The van der Waals surface area contributed by atoms with Crippen molar-refractivity contribution in [1.29, 1.82) is 0 Å². The summed E-state index contributed by atoms with van der Waals surface area (Å²) in [5.74, 6) is -0.925. The van der Waals surface area contributed by atoms with Crippen molar-refractivity contribution >= 4 is 46.7 Å². The summed E-state index contributed by atoms with van der Waals surface area (Å²) < 4.78 is 0. The van der Waals surface area contributed by atoms with E-state index in [1.165, 1.54) is 4.90 Å². The molecule has 25 heavy (non-hydrogen) atoms. The number of thioether (sulfide) groups is 1. The van der Waals surface area contributed by atoms with Crippen molar-refractivity contribution < 1.29 is 14.7 Å². The second-order valence-electron chi connectivity index (χ2n) is 6.16. The number of amides is 1. The Bertz CT molecular complexity index is 656. The van der Waals surface area contributed by atoms with Gasteiger partial charge in [0.05, 0.1) is 11.8 Å². The SMILES string of the molecule is O=C(O)C1C(CCCCNC(=S)Nc2ccccc2)S[C@H]2CC(=O)N12. The van der Waals surface area contributed by atoms with E-state index in [4.69, 9.17) is 12.2 Å². The molecule has 0 bridgehead atoms. The monoisotopic (exact) mass is 379 g/mol. The number of rotatable bonds is 7. The van der Waals surface area contributed by atoms with Crippen molar-refractivity contribution in [3.63, 3.8) is 0 Å². The number of hydrogen-bond acceptors (Lipinski definition) is 4. The molecule has 0 aliphatic carbocycles. The minimum Gasteiger partial charge on any atom is -0.480 e. The number of carbonyl (C=O) groups is 2. The first-order valence-electron chi connectivity index (χ1n) is 8.35. The van der Waals surface area contributed by atoms with Crippen LogP contribution in [0.25, 0.3) is 0 Å². The van der Waals surface area contributed by atoms with Gasteiger partial charge in [0.2, 0.25) is 5.91 Å². The number of thiocarbonyl (C=S) groups is 1. The normalized spacial score (nSPS) is 24.4. The summed E-state index contributed by atoms with van der Waals surface area (Å²) in [6.45, 7) is 0.736. The number of nitrogens with one attached hydrogen (secondary N) is 2. The number of carbonyl (C=O) groups excluding carboxylic acids is 1. The molecule has 8 heteroatoms. The van der Waals surface area contributed by atoms with Crippen LogP contribution in [0, 0.1) is 0 Å². The molecule has 0 aromatic heterocycles. The molecular formula is C17H21N3O3S2. The lowest BCUT2D eigenvalue weighted by molar-refractivity contribution is -0.156. The van der Waals surface area contributed by atoms with E-state index in [1.807, 2.05) is 30.3 Å². The number of anilines is 1. The quantitative estimate of drug-likeness (QED) is 0.381. The van der Waals surface area contributed by atoms with E-state index in [1.54, 1.807) is 11.8 Å². The minimum atomic E-state index is -0.889. The third-order valence-corrected chi connectivity index (χ3v) is 6.21. The van der Waals surface area contributed by atoms with Crippen LogP contribution in [-0.4, -0.2) is 50.2 Å². The molecule has 3 N–H and O–H groups in total. The van der Waals surface area contributed by atoms with Crippen LogP contribution in [0.1, 0.15) is 25.7 Å². The summed E-state index contributed by atoms with van der Waals surface area (Å²) in [7, 11) is 0. The number of fused-ring (bicyclic) bond motifs is 1. The van der Waals surface area contributed by atoms with E-state index in [2.05, 4.69) is 10.6 Å². The lowest BCUT2D eigenvalue weighted by Crippen LogP contribution is -2.55. The largest absolute Gasteiger partial charge is 0.480 e. The lowest BCUT2D eigenvalue weighted by Gasteiger charge is -2.35. The van der Waals surface area contributed by atoms with Gasteiger partial charge in [-0.2, -0.15) is 0 Å². The fourth-order valence-corrected chi connectivity index (χ4v) is 5.12. The van der Waals surface area contributed by atoms with Gasteiger partial charge in [0.25, 0.3) is 0 Å². The number of carboxylic acid groups (broad SMARTS) is 1. The highest BCUT2D eigenvalue weighted by Gasteiger charge is 2.54. The molecule has 2 fully saturated rings. The number of β-lactam (4-membered cyclic amide) rings is 1. The van der Waals surface area contributed by atoms with Crippen molar-refractivity contribution in [2.24, 2.45) is 0 Å². The predicted octanol–water partition coefficient (Wildman–Crippen LogP) is 2.27. The second kappa shape index (κ2) is 8.05. The smallest absolute Gasteiger partial charge is 0.327 e. The summed E-state index contributed by atoms with van der Waals surface area (Å²) in [6, 6.07) is 9.06. The van der Waals surface area contributed by atoms with Gasteiger partial charge in [0.15, 0.2) is 5.11 Å². The molecule has 2 unspecified atom stereocenters. The van der Waals surface area contributed by atoms with Crippen molar-refractivity contribution in [1.82, 2.24) is 10.2 Å². The van der Waals surface area contributed by atoms with E-state index in [0.717, 1.165) is 31.5 Å². The van der Waals surface area contributed by atoms with Gasteiger partial charge in [-0.25, -0.2) is 4.79 Å². The van der Waals surface area contributed by atoms with Gasteiger partial charge in [0.1, 0.15) is 6.04 Å². The van der Waals surface area contributed by atoms with Crippen molar-refractivity contribution in [2.45, 2.75) is 42.3 Å². The van der Waals surface area contributed by atoms with Gasteiger partial charge >= 0.3 is 5.97 Å². The molecule has 3 rings (SSSR count). The highest BCUT2D eigenvalue weighted by molar-refractivity contribution is 8.01. The predicted molar refractivity (Wildman–Crippen MR) is 103 cm³/mol. The van der Waals surface area contributed by atoms with Gasteiger partial charge in [-0.3, -0.25) is 4.79 Å². The first kappa shape index (κ1) is 18.0. The molecule has 134 valence electrons. The number of para-hydroxylation sites is 1. The summed E-state index contributed by atoms with van der Waals surface area (Å²) >= 11 is 6.88. The maximum atomic E-state index is 11.6. The van der Waals surface area contributed by atoms with Crippen LogP contribution in [0.2, 0.25) is 0 Å². The highest BCUT2D eigenvalue weighted by atomic mass is 32.2. The second-order valence-corrected chi connectivity index (χ2v) is 7.99. The Kier molecular flexibility index (Phi) is 5.80. The van der Waals surface area contributed by atoms with Gasteiger partial charge in [-0.05, 0) is 37.2 Å². The molecule has 6 nitrogen and oxygen atoms in total. The number of carboxylic acids is 1. The molecule has 0 radical (unpaired) electrons. The molecule has 1 amide bonds. The van der Waals surface area contributed by atoms with E-state index >= 15 is 0 Å². The van der Waals surface area contributed by atoms with E-state index in [-0.39, 0.29) is 16.5 Å². The Balaban J connectivity index is 1.35. The number of benzene rings is 1. The van der Waals surface area contributed by atoms with Gasteiger partial charge < -0.3 is 20.6 Å². The molecule has 0 spiro atoms. The average Bonchev–Trinajstić information content (AvgIpc) is 2.88. The summed E-state index contributed by atoms with van der Waals surface area (Å²) in [5.41, 5.74) is 0.945. The molecule has 0 saturated carbocycles. The third-order valence-electron chi connectivity index (χ3n) is 4.42. The standard InChI is InChI=1S/C17H21N3O3S2/c21-13-10-14-20(13)15(16(22)23)12(25-14)8-4-5-9-18-17(24)19-11-6-2-1-3-7-11/h1-3,6-7,12,14-15H,4-5,8-10H2,(H,22,23)(H2,18,19,24)/t12?,14-,15?/m0/s1.